The van der Waals surface area contributed by atoms with E-state index in [1.54, 1.807) is 19.3 Å². The third kappa shape index (κ3) is 4.44. The van der Waals surface area contributed by atoms with E-state index in [-0.39, 0.29) is 17.4 Å². The molecule has 0 saturated carbocycles. The van der Waals surface area contributed by atoms with Crippen molar-refractivity contribution in [3.63, 3.8) is 0 Å². The van der Waals surface area contributed by atoms with Gasteiger partial charge in [-0.1, -0.05) is 13.3 Å². The standard InChI is InChI=1S/C19H31N5O2/c1-3-4-7-22-9-11-23(12-10-22)19(26)16-6-5-8-24(15-16)17-13-18(25)21(2)20-14-17/h13-14,16H,3-12,15H2,1-2H3. The number of piperidine rings is 1. The summed E-state index contributed by atoms with van der Waals surface area (Å²) < 4.78 is 1.33. The first-order valence-corrected chi connectivity index (χ1v) is 9.88. The van der Waals surface area contributed by atoms with Gasteiger partial charge in [0.05, 0.1) is 17.8 Å². The van der Waals surface area contributed by atoms with Crippen molar-refractivity contribution in [2.24, 2.45) is 13.0 Å². The van der Waals surface area contributed by atoms with Gasteiger partial charge in [-0.25, -0.2) is 4.68 Å². The van der Waals surface area contributed by atoms with Crippen molar-refractivity contribution < 1.29 is 4.79 Å². The molecule has 144 valence electrons. The van der Waals surface area contributed by atoms with E-state index in [1.165, 1.54) is 17.5 Å². The molecule has 2 aliphatic rings. The number of hydrogen-bond acceptors (Lipinski definition) is 5. The number of anilines is 1. The lowest BCUT2D eigenvalue weighted by Gasteiger charge is -2.39. The fourth-order valence-corrected chi connectivity index (χ4v) is 3.88. The summed E-state index contributed by atoms with van der Waals surface area (Å²) in [6.45, 7) is 8.58. The molecular weight excluding hydrogens is 330 g/mol. The number of carbonyl (C=O) groups excluding carboxylic acids is 1. The second-order valence-corrected chi connectivity index (χ2v) is 7.48. The van der Waals surface area contributed by atoms with E-state index in [1.807, 2.05) is 4.90 Å². The second-order valence-electron chi connectivity index (χ2n) is 7.48. The quantitative estimate of drug-likeness (QED) is 0.781. The molecule has 0 bridgehead atoms. The van der Waals surface area contributed by atoms with E-state index in [2.05, 4.69) is 21.8 Å². The molecule has 3 rings (SSSR count). The summed E-state index contributed by atoms with van der Waals surface area (Å²) in [4.78, 5) is 31.5. The van der Waals surface area contributed by atoms with Crippen LogP contribution in [0.2, 0.25) is 0 Å². The summed E-state index contributed by atoms with van der Waals surface area (Å²) in [7, 11) is 1.65. The number of hydrogen-bond donors (Lipinski definition) is 0. The molecule has 2 saturated heterocycles. The predicted octanol–water partition coefficient (Wildman–Crippen LogP) is 0.941. The van der Waals surface area contributed by atoms with Crippen LogP contribution in [0.4, 0.5) is 5.69 Å². The molecule has 7 nitrogen and oxygen atoms in total. The SMILES string of the molecule is CCCCN1CCN(C(=O)C2CCCN(c3cnn(C)c(=O)c3)C2)CC1. The van der Waals surface area contributed by atoms with Gasteiger partial charge in [0.1, 0.15) is 0 Å². The number of carbonyl (C=O) groups is 1. The van der Waals surface area contributed by atoms with Crippen LogP contribution in [0.5, 0.6) is 0 Å². The van der Waals surface area contributed by atoms with Gasteiger partial charge in [-0.2, -0.15) is 5.10 Å². The highest BCUT2D eigenvalue weighted by molar-refractivity contribution is 5.80. The number of aromatic nitrogens is 2. The fourth-order valence-electron chi connectivity index (χ4n) is 3.88. The Morgan fingerprint density at radius 2 is 2.00 bits per heavy atom. The van der Waals surface area contributed by atoms with Crippen LogP contribution < -0.4 is 10.5 Å². The van der Waals surface area contributed by atoms with Crippen LogP contribution >= 0.6 is 0 Å². The van der Waals surface area contributed by atoms with Crippen molar-refractivity contribution >= 4 is 11.6 Å². The summed E-state index contributed by atoms with van der Waals surface area (Å²) in [5.74, 6) is 0.302. The first-order chi connectivity index (χ1) is 12.6. The average molecular weight is 361 g/mol. The van der Waals surface area contributed by atoms with Crippen LogP contribution in [0.1, 0.15) is 32.6 Å². The van der Waals surface area contributed by atoms with Gasteiger partial charge in [0.2, 0.25) is 5.91 Å². The minimum atomic E-state index is -0.112. The summed E-state index contributed by atoms with van der Waals surface area (Å²) in [6.07, 6.45) is 6.08. The Morgan fingerprint density at radius 1 is 1.23 bits per heavy atom. The summed E-state index contributed by atoms with van der Waals surface area (Å²) >= 11 is 0. The lowest BCUT2D eigenvalue weighted by molar-refractivity contribution is -0.137. The molecule has 1 aromatic heterocycles. The van der Waals surface area contributed by atoms with Crippen LogP contribution in [0, 0.1) is 5.92 Å². The molecule has 0 aliphatic carbocycles. The number of rotatable bonds is 5. The molecule has 0 spiro atoms. The maximum absolute atomic E-state index is 13.0. The molecular formula is C19H31N5O2. The van der Waals surface area contributed by atoms with Gasteiger partial charge >= 0.3 is 0 Å². The summed E-state index contributed by atoms with van der Waals surface area (Å²) in [5.41, 5.74) is 0.717. The fraction of sp³-hybridized carbons (Fsp3) is 0.737. The highest BCUT2D eigenvalue weighted by Crippen LogP contribution is 2.23. The van der Waals surface area contributed by atoms with Crippen LogP contribution in [0.25, 0.3) is 0 Å². The molecule has 1 unspecified atom stereocenters. The monoisotopic (exact) mass is 361 g/mol. The maximum atomic E-state index is 13.0. The van der Waals surface area contributed by atoms with E-state index in [0.29, 0.717) is 6.54 Å². The molecule has 0 aromatic carbocycles. The van der Waals surface area contributed by atoms with E-state index in [4.69, 9.17) is 0 Å². The highest BCUT2D eigenvalue weighted by Gasteiger charge is 2.31. The molecule has 0 N–H and O–H groups in total. The number of piperazine rings is 1. The number of unbranched alkanes of at least 4 members (excludes halogenated alkanes) is 1. The first kappa shape index (κ1) is 18.9. The van der Waals surface area contributed by atoms with Gasteiger partial charge in [0.25, 0.3) is 5.56 Å². The topological polar surface area (TPSA) is 61.7 Å². The number of aryl methyl sites for hydroxylation is 1. The predicted molar refractivity (Wildman–Crippen MR) is 102 cm³/mol. The number of amides is 1. The van der Waals surface area contributed by atoms with E-state index in [9.17, 15) is 9.59 Å². The Balaban J connectivity index is 1.56. The Labute approximate surface area is 155 Å². The zero-order valence-electron chi connectivity index (χ0n) is 16.1. The van der Waals surface area contributed by atoms with Crippen LogP contribution in [-0.4, -0.2) is 71.3 Å². The Bertz CT molecular complexity index is 666. The third-order valence-electron chi connectivity index (χ3n) is 5.60. The van der Waals surface area contributed by atoms with Gasteiger partial charge in [0, 0.05) is 52.4 Å². The van der Waals surface area contributed by atoms with E-state index >= 15 is 0 Å². The molecule has 1 amide bonds. The minimum Gasteiger partial charge on any atom is -0.369 e. The Hall–Kier alpha value is -1.89. The molecule has 1 atom stereocenters. The van der Waals surface area contributed by atoms with Gasteiger partial charge in [0.15, 0.2) is 0 Å². The average Bonchev–Trinajstić information content (AvgIpc) is 2.68. The van der Waals surface area contributed by atoms with Gasteiger partial charge in [-0.3, -0.25) is 14.5 Å². The van der Waals surface area contributed by atoms with Crippen molar-refractivity contribution in [3.05, 3.63) is 22.6 Å². The van der Waals surface area contributed by atoms with Gasteiger partial charge in [-0.15, -0.1) is 0 Å². The van der Waals surface area contributed by atoms with Crippen LogP contribution in [0.3, 0.4) is 0 Å². The maximum Gasteiger partial charge on any atom is 0.268 e. The van der Waals surface area contributed by atoms with Crippen LogP contribution in [0.15, 0.2) is 17.1 Å². The van der Waals surface area contributed by atoms with Crippen molar-refractivity contribution in [1.29, 1.82) is 0 Å². The zero-order valence-corrected chi connectivity index (χ0v) is 16.1. The second kappa shape index (κ2) is 8.66. The minimum absolute atomic E-state index is 0.0231. The van der Waals surface area contributed by atoms with Gasteiger partial charge in [-0.05, 0) is 25.8 Å². The van der Waals surface area contributed by atoms with Crippen LogP contribution in [-0.2, 0) is 11.8 Å². The van der Waals surface area contributed by atoms with Crippen molar-refractivity contribution in [2.45, 2.75) is 32.6 Å². The van der Waals surface area contributed by atoms with E-state index < -0.39 is 0 Å². The molecule has 3 heterocycles. The summed E-state index contributed by atoms with van der Waals surface area (Å²) in [5, 5.41) is 4.11. The third-order valence-corrected chi connectivity index (χ3v) is 5.60. The van der Waals surface area contributed by atoms with E-state index in [0.717, 1.165) is 57.8 Å². The van der Waals surface area contributed by atoms with Gasteiger partial charge < -0.3 is 9.80 Å². The molecule has 0 radical (unpaired) electrons. The van der Waals surface area contributed by atoms with Crippen molar-refractivity contribution in [1.82, 2.24) is 19.6 Å². The number of nitrogens with zero attached hydrogens (tertiary/aromatic N) is 5. The smallest absolute Gasteiger partial charge is 0.268 e. The first-order valence-electron chi connectivity index (χ1n) is 9.88. The Kier molecular flexibility index (Phi) is 6.29. The molecule has 26 heavy (non-hydrogen) atoms. The lowest BCUT2D eigenvalue weighted by Crippen LogP contribution is -2.52. The largest absolute Gasteiger partial charge is 0.369 e. The lowest BCUT2D eigenvalue weighted by atomic mass is 9.96. The summed E-state index contributed by atoms with van der Waals surface area (Å²) in [6, 6.07) is 1.62. The normalized spacial score (nSPS) is 21.8. The Morgan fingerprint density at radius 3 is 2.69 bits per heavy atom. The van der Waals surface area contributed by atoms with Crippen molar-refractivity contribution in [2.75, 3.05) is 50.7 Å². The molecule has 1 aromatic rings. The highest BCUT2D eigenvalue weighted by atomic mass is 16.2. The van der Waals surface area contributed by atoms with Crippen molar-refractivity contribution in [3.8, 4) is 0 Å². The molecule has 2 fully saturated rings. The molecule has 7 heteroatoms. The zero-order chi connectivity index (χ0) is 18.5. The molecule has 2 aliphatic heterocycles.